The van der Waals surface area contributed by atoms with E-state index in [4.69, 9.17) is 5.11 Å². The zero-order valence-corrected chi connectivity index (χ0v) is 8.97. The number of anilines is 1. The molecule has 2 rings (SSSR count). The fourth-order valence-electron chi connectivity index (χ4n) is 1.45. The van der Waals surface area contributed by atoms with Crippen LogP contribution in [0.2, 0.25) is 0 Å². The molecule has 0 aliphatic heterocycles. The van der Waals surface area contributed by atoms with E-state index in [-0.39, 0.29) is 17.5 Å². The molecular formula is C11H9N3O3. The second kappa shape index (κ2) is 4.17. The standard InChI is InChI=1S/C11H9N3O3/c1-6(15)12-11-13-8-5-3-2-4-7(8)9(14-11)10(16)17/h2-5H,1H3,(H,16,17)(H,12,13,14,15). The molecule has 0 atom stereocenters. The molecule has 0 saturated carbocycles. The Bertz CT molecular complexity index is 610. The SMILES string of the molecule is CC(=O)Nc1nc(C(=O)O)c2ccccc2n1. The molecule has 0 aliphatic rings. The molecule has 0 spiro atoms. The first kappa shape index (κ1) is 11.0. The van der Waals surface area contributed by atoms with E-state index in [0.717, 1.165) is 0 Å². The molecule has 0 bridgehead atoms. The van der Waals surface area contributed by atoms with Crippen molar-refractivity contribution in [2.45, 2.75) is 6.92 Å². The predicted molar refractivity (Wildman–Crippen MR) is 60.8 cm³/mol. The van der Waals surface area contributed by atoms with Crippen LogP contribution in [-0.2, 0) is 4.79 Å². The monoisotopic (exact) mass is 231 g/mol. The van der Waals surface area contributed by atoms with Crippen LogP contribution in [-0.4, -0.2) is 27.0 Å². The fraction of sp³-hybridized carbons (Fsp3) is 0.0909. The number of fused-ring (bicyclic) bond motifs is 1. The van der Waals surface area contributed by atoms with Crippen molar-refractivity contribution in [3.63, 3.8) is 0 Å². The first-order valence-corrected chi connectivity index (χ1v) is 4.85. The normalized spacial score (nSPS) is 10.2. The Morgan fingerprint density at radius 3 is 2.59 bits per heavy atom. The number of hydrogen-bond acceptors (Lipinski definition) is 4. The van der Waals surface area contributed by atoms with E-state index in [1.807, 2.05) is 0 Å². The summed E-state index contributed by atoms with van der Waals surface area (Å²) in [5, 5.41) is 11.8. The molecule has 0 saturated heterocycles. The molecule has 1 heterocycles. The van der Waals surface area contributed by atoms with Crippen molar-refractivity contribution in [3.8, 4) is 0 Å². The summed E-state index contributed by atoms with van der Waals surface area (Å²) in [4.78, 5) is 29.8. The first-order chi connectivity index (χ1) is 8.08. The van der Waals surface area contributed by atoms with Crippen molar-refractivity contribution in [1.82, 2.24) is 9.97 Å². The van der Waals surface area contributed by atoms with Crippen LogP contribution in [0.1, 0.15) is 17.4 Å². The van der Waals surface area contributed by atoms with Gasteiger partial charge in [0.2, 0.25) is 11.9 Å². The van der Waals surface area contributed by atoms with E-state index < -0.39 is 5.97 Å². The van der Waals surface area contributed by atoms with Gasteiger partial charge in [-0.15, -0.1) is 0 Å². The highest BCUT2D eigenvalue weighted by atomic mass is 16.4. The first-order valence-electron chi connectivity index (χ1n) is 4.85. The number of hydrogen-bond donors (Lipinski definition) is 2. The van der Waals surface area contributed by atoms with Crippen molar-refractivity contribution in [1.29, 1.82) is 0 Å². The summed E-state index contributed by atoms with van der Waals surface area (Å²) in [7, 11) is 0. The lowest BCUT2D eigenvalue weighted by Crippen LogP contribution is -2.12. The number of carbonyl (C=O) groups is 2. The number of carboxylic acid groups (broad SMARTS) is 1. The van der Waals surface area contributed by atoms with Gasteiger partial charge in [0.1, 0.15) is 0 Å². The van der Waals surface area contributed by atoms with E-state index >= 15 is 0 Å². The maximum absolute atomic E-state index is 11.0. The molecule has 0 unspecified atom stereocenters. The molecule has 2 aromatic rings. The van der Waals surface area contributed by atoms with Crippen molar-refractivity contribution in [3.05, 3.63) is 30.0 Å². The molecule has 2 N–H and O–H groups in total. The van der Waals surface area contributed by atoms with Gasteiger partial charge in [0.05, 0.1) is 5.52 Å². The minimum Gasteiger partial charge on any atom is -0.476 e. The molecule has 0 fully saturated rings. The number of aromatic carboxylic acids is 1. The molecule has 1 amide bonds. The Hall–Kier alpha value is -2.50. The van der Waals surface area contributed by atoms with Gasteiger partial charge in [0, 0.05) is 12.3 Å². The number of nitrogens with zero attached hydrogens (tertiary/aromatic N) is 2. The molecule has 6 heteroatoms. The number of amides is 1. The Morgan fingerprint density at radius 1 is 1.24 bits per heavy atom. The number of para-hydroxylation sites is 1. The van der Waals surface area contributed by atoms with Crippen LogP contribution < -0.4 is 5.32 Å². The molecule has 1 aromatic carbocycles. The zero-order chi connectivity index (χ0) is 12.4. The van der Waals surface area contributed by atoms with Gasteiger partial charge in [-0.1, -0.05) is 18.2 Å². The van der Waals surface area contributed by atoms with Crippen molar-refractivity contribution in [2.24, 2.45) is 0 Å². The second-order valence-electron chi connectivity index (χ2n) is 3.40. The summed E-state index contributed by atoms with van der Waals surface area (Å²) in [6.07, 6.45) is 0. The van der Waals surface area contributed by atoms with Crippen molar-refractivity contribution < 1.29 is 14.7 Å². The summed E-state index contributed by atoms with van der Waals surface area (Å²) >= 11 is 0. The number of aromatic nitrogens is 2. The van der Waals surface area contributed by atoms with Crippen LogP contribution in [0.4, 0.5) is 5.95 Å². The minimum absolute atomic E-state index is 0.00593. The average molecular weight is 231 g/mol. The smallest absolute Gasteiger partial charge is 0.355 e. The van der Waals surface area contributed by atoms with Crippen LogP contribution in [0, 0.1) is 0 Å². The van der Waals surface area contributed by atoms with E-state index in [2.05, 4.69) is 15.3 Å². The van der Waals surface area contributed by atoms with Crippen molar-refractivity contribution in [2.75, 3.05) is 5.32 Å². The quantitative estimate of drug-likeness (QED) is 0.812. The molecule has 0 radical (unpaired) electrons. The predicted octanol–water partition coefficient (Wildman–Crippen LogP) is 1.29. The largest absolute Gasteiger partial charge is 0.476 e. The molecule has 0 aliphatic carbocycles. The average Bonchev–Trinajstić information content (AvgIpc) is 2.27. The van der Waals surface area contributed by atoms with E-state index in [0.29, 0.717) is 10.9 Å². The van der Waals surface area contributed by atoms with Gasteiger partial charge in [-0.2, -0.15) is 0 Å². The number of carbonyl (C=O) groups excluding carboxylic acids is 1. The highest BCUT2D eigenvalue weighted by Crippen LogP contribution is 2.17. The highest BCUT2D eigenvalue weighted by molar-refractivity contribution is 6.01. The van der Waals surface area contributed by atoms with E-state index in [9.17, 15) is 9.59 Å². The summed E-state index contributed by atoms with van der Waals surface area (Å²) < 4.78 is 0. The third-order valence-electron chi connectivity index (χ3n) is 2.09. The van der Waals surface area contributed by atoms with Gasteiger partial charge in [-0.3, -0.25) is 10.1 Å². The van der Waals surface area contributed by atoms with E-state index in [1.54, 1.807) is 24.3 Å². The second-order valence-corrected chi connectivity index (χ2v) is 3.40. The maximum atomic E-state index is 11.0. The lowest BCUT2D eigenvalue weighted by molar-refractivity contribution is -0.114. The van der Waals surface area contributed by atoms with Gasteiger partial charge in [-0.25, -0.2) is 14.8 Å². The Balaban J connectivity index is 2.67. The van der Waals surface area contributed by atoms with Crippen LogP contribution in [0.15, 0.2) is 24.3 Å². The lowest BCUT2D eigenvalue weighted by Gasteiger charge is -2.05. The molecular weight excluding hydrogens is 222 g/mol. The van der Waals surface area contributed by atoms with Crippen LogP contribution in [0.25, 0.3) is 10.9 Å². The molecule has 17 heavy (non-hydrogen) atoms. The number of carboxylic acids is 1. The third-order valence-corrected chi connectivity index (χ3v) is 2.09. The lowest BCUT2D eigenvalue weighted by atomic mass is 10.2. The summed E-state index contributed by atoms with van der Waals surface area (Å²) in [5.74, 6) is -1.51. The molecule has 86 valence electrons. The van der Waals surface area contributed by atoms with Gasteiger partial charge in [0.25, 0.3) is 0 Å². The topological polar surface area (TPSA) is 92.2 Å². The van der Waals surface area contributed by atoms with Crippen LogP contribution in [0.3, 0.4) is 0 Å². The van der Waals surface area contributed by atoms with Crippen LogP contribution in [0.5, 0.6) is 0 Å². The van der Waals surface area contributed by atoms with Crippen LogP contribution >= 0.6 is 0 Å². The van der Waals surface area contributed by atoms with Gasteiger partial charge < -0.3 is 5.11 Å². The molecule has 6 nitrogen and oxygen atoms in total. The van der Waals surface area contributed by atoms with E-state index in [1.165, 1.54) is 6.92 Å². The molecule has 1 aromatic heterocycles. The highest BCUT2D eigenvalue weighted by Gasteiger charge is 2.13. The summed E-state index contributed by atoms with van der Waals surface area (Å²) in [6, 6.07) is 6.72. The Labute approximate surface area is 96.3 Å². The van der Waals surface area contributed by atoms with Gasteiger partial charge in [-0.05, 0) is 6.07 Å². The summed E-state index contributed by atoms with van der Waals surface area (Å²) in [6.45, 7) is 1.30. The Morgan fingerprint density at radius 2 is 1.94 bits per heavy atom. The van der Waals surface area contributed by atoms with Gasteiger partial charge in [0.15, 0.2) is 5.69 Å². The zero-order valence-electron chi connectivity index (χ0n) is 8.97. The van der Waals surface area contributed by atoms with Crippen molar-refractivity contribution >= 4 is 28.7 Å². The Kier molecular flexibility index (Phi) is 2.70. The van der Waals surface area contributed by atoms with Gasteiger partial charge >= 0.3 is 5.97 Å². The number of nitrogens with one attached hydrogen (secondary N) is 1. The summed E-state index contributed by atoms with van der Waals surface area (Å²) in [5.41, 5.74) is 0.350. The number of benzene rings is 1. The maximum Gasteiger partial charge on any atom is 0.355 e. The number of rotatable bonds is 2. The minimum atomic E-state index is -1.16. The third kappa shape index (κ3) is 2.20. The fourth-order valence-corrected chi connectivity index (χ4v) is 1.45.